The number of rotatable bonds is 4. The van der Waals surface area contributed by atoms with Crippen molar-refractivity contribution in [3.8, 4) is 22.4 Å². The zero-order valence-electron chi connectivity index (χ0n) is 14.3. The summed E-state index contributed by atoms with van der Waals surface area (Å²) in [6.07, 6.45) is 3.72. The third kappa shape index (κ3) is 3.60. The minimum atomic E-state index is 0.960. The van der Waals surface area contributed by atoms with Crippen molar-refractivity contribution in [2.24, 2.45) is 4.99 Å². The molecule has 124 valence electrons. The first-order valence-corrected chi connectivity index (χ1v) is 8.60. The molecule has 0 saturated heterocycles. The van der Waals surface area contributed by atoms with Gasteiger partial charge in [0.25, 0.3) is 0 Å². The highest BCUT2D eigenvalue weighted by Crippen LogP contribution is 2.29. The Balaban J connectivity index is 1.66. The van der Waals surface area contributed by atoms with Gasteiger partial charge < -0.3 is 0 Å². The van der Waals surface area contributed by atoms with Crippen LogP contribution in [0.2, 0.25) is 0 Å². The second kappa shape index (κ2) is 7.58. The molecular weight excluding hydrogens is 316 g/mol. The predicted octanol–water partition coefficient (Wildman–Crippen LogP) is 6.17. The van der Waals surface area contributed by atoms with E-state index in [-0.39, 0.29) is 0 Å². The van der Waals surface area contributed by atoms with Crippen LogP contribution in [0.1, 0.15) is 5.56 Å². The van der Waals surface area contributed by atoms with Crippen molar-refractivity contribution in [2.75, 3.05) is 0 Å². The number of aliphatic imine (C=N–C) groups is 1. The second-order valence-electron chi connectivity index (χ2n) is 5.98. The first kappa shape index (κ1) is 16.0. The largest absolute Gasteiger partial charge is 0.256 e. The smallest absolute Gasteiger partial charge is 0.0708 e. The fourth-order valence-corrected chi connectivity index (χ4v) is 2.90. The Hall–Kier alpha value is -3.52. The Morgan fingerprint density at radius 3 is 2.27 bits per heavy atom. The SMILES string of the molecule is C(=N\c1ccccc1-c1ccccc1)/c1cccc(-c2ccccn2)c1. The van der Waals surface area contributed by atoms with Crippen molar-refractivity contribution in [3.05, 3.63) is 109 Å². The molecule has 4 rings (SSSR count). The zero-order chi connectivity index (χ0) is 17.6. The molecule has 4 aromatic rings. The monoisotopic (exact) mass is 334 g/mol. The second-order valence-corrected chi connectivity index (χ2v) is 5.98. The quantitative estimate of drug-likeness (QED) is 0.410. The number of hydrogen-bond acceptors (Lipinski definition) is 2. The van der Waals surface area contributed by atoms with E-state index >= 15 is 0 Å². The molecular formula is C24H18N2. The van der Waals surface area contributed by atoms with Crippen LogP contribution in [0.5, 0.6) is 0 Å². The van der Waals surface area contributed by atoms with E-state index in [4.69, 9.17) is 4.99 Å². The van der Waals surface area contributed by atoms with Crippen molar-refractivity contribution in [3.63, 3.8) is 0 Å². The highest BCUT2D eigenvalue weighted by Gasteiger charge is 2.03. The predicted molar refractivity (Wildman–Crippen MR) is 109 cm³/mol. The number of hydrogen-bond donors (Lipinski definition) is 0. The summed E-state index contributed by atoms with van der Waals surface area (Å²) in [4.78, 5) is 9.16. The summed E-state index contributed by atoms with van der Waals surface area (Å²) in [5, 5.41) is 0. The van der Waals surface area contributed by atoms with Crippen LogP contribution in [0.3, 0.4) is 0 Å². The van der Waals surface area contributed by atoms with E-state index in [2.05, 4.69) is 41.4 Å². The molecule has 2 nitrogen and oxygen atoms in total. The Morgan fingerprint density at radius 1 is 0.654 bits per heavy atom. The summed E-state index contributed by atoms with van der Waals surface area (Å²) in [5.41, 5.74) is 6.36. The highest BCUT2D eigenvalue weighted by molar-refractivity contribution is 5.87. The van der Waals surface area contributed by atoms with Gasteiger partial charge in [-0.25, -0.2) is 0 Å². The molecule has 1 aromatic heterocycles. The summed E-state index contributed by atoms with van der Waals surface area (Å²) in [6.45, 7) is 0. The average molecular weight is 334 g/mol. The topological polar surface area (TPSA) is 25.2 Å². The summed E-state index contributed by atoms with van der Waals surface area (Å²) in [7, 11) is 0. The van der Waals surface area contributed by atoms with Gasteiger partial charge in [-0.2, -0.15) is 0 Å². The minimum absolute atomic E-state index is 0.960. The number of pyridine rings is 1. The van der Waals surface area contributed by atoms with Gasteiger partial charge in [0.1, 0.15) is 0 Å². The summed E-state index contributed by atoms with van der Waals surface area (Å²) in [5.74, 6) is 0. The maximum atomic E-state index is 4.74. The molecule has 0 spiro atoms. The van der Waals surface area contributed by atoms with Gasteiger partial charge in [-0.15, -0.1) is 0 Å². The van der Waals surface area contributed by atoms with Crippen molar-refractivity contribution < 1.29 is 0 Å². The normalized spacial score (nSPS) is 10.9. The molecule has 0 aliphatic carbocycles. The molecule has 0 aliphatic heterocycles. The molecule has 0 aliphatic rings. The third-order valence-corrected chi connectivity index (χ3v) is 4.19. The molecule has 0 unspecified atom stereocenters. The molecule has 3 aromatic carbocycles. The molecule has 0 fully saturated rings. The van der Waals surface area contributed by atoms with Crippen LogP contribution >= 0.6 is 0 Å². The van der Waals surface area contributed by atoms with Gasteiger partial charge in [0.15, 0.2) is 0 Å². The highest BCUT2D eigenvalue weighted by atomic mass is 14.7. The van der Waals surface area contributed by atoms with Crippen LogP contribution in [0.25, 0.3) is 22.4 Å². The van der Waals surface area contributed by atoms with Crippen LogP contribution in [0.4, 0.5) is 5.69 Å². The van der Waals surface area contributed by atoms with E-state index in [0.29, 0.717) is 0 Å². The van der Waals surface area contributed by atoms with Gasteiger partial charge >= 0.3 is 0 Å². The van der Waals surface area contributed by atoms with Gasteiger partial charge in [0.05, 0.1) is 11.4 Å². The van der Waals surface area contributed by atoms with Crippen molar-refractivity contribution in [2.45, 2.75) is 0 Å². The van der Waals surface area contributed by atoms with Crippen LogP contribution in [0, 0.1) is 0 Å². The number of benzene rings is 3. The van der Waals surface area contributed by atoms with E-state index in [0.717, 1.165) is 28.1 Å². The van der Waals surface area contributed by atoms with E-state index in [9.17, 15) is 0 Å². The van der Waals surface area contributed by atoms with Crippen molar-refractivity contribution in [1.82, 2.24) is 4.98 Å². The molecule has 0 saturated carbocycles. The molecule has 1 heterocycles. The standard InChI is InChI=1S/C24H18N2/c1-2-10-20(11-3-1)22-13-4-5-15-24(22)26-18-19-9-8-12-21(17-19)23-14-6-7-16-25-23/h1-18H/b26-18+. The van der Waals surface area contributed by atoms with Crippen molar-refractivity contribution in [1.29, 1.82) is 0 Å². The van der Waals surface area contributed by atoms with Gasteiger partial charge in [0.2, 0.25) is 0 Å². The Labute approximate surface area is 153 Å². The third-order valence-electron chi connectivity index (χ3n) is 4.19. The zero-order valence-corrected chi connectivity index (χ0v) is 14.3. The lowest BCUT2D eigenvalue weighted by molar-refractivity contribution is 1.33. The average Bonchev–Trinajstić information content (AvgIpc) is 2.74. The fourth-order valence-electron chi connectivity index (χ4n) is 2.90. The Morgan fingerprint density at radius 2 is 1.42 bits per heavy atom. The molecule has 0 N–H and O–H groups in total. The molecule has 26 heavy (non-hydrogen) atoms. The molecule has 0 atom stereocenters. The van der Waals surface area contributed by atoms with Crippen LogP contribution < -0.4 is 0 Å². The number of nitrogens with zero attached hydrogens (tertiary/aromatic N) is 2. The van der Waals surface area contributed by atoms with Gasteiger partial charge in [-0.3, -0.25) is 9.98 Å². The number of aromatic nitrogens is 1. The first-order chi connectivity index (χ1) is 12.9. The van der Waals surface area contributed by atoms with Crippen LogP contribution in [-0.4, -0.2) is 11.2 Å². The summed E-state index contributed by atoms with van der Waals surface area (Å²) >= 11 is 0. The Bertz CT molecular complexity index is 1020. The molecule has 0 bridgehead atoms. The lowest BCUT2D eigenvalue weighted by Crippen LogP contribution is -1.86. The molecule has 2 heteroatoms. The summed E-state index contributed by atoms with van der Waals surface area (Å²) in [6, 6.07) is 32.8. The maximum Gasteiger partial charge on any atom is 0.0708 e. The number of para-hydroxylation sites is 1. The lowest BCUT2D eigenvalue weighted by atomic mass is 10.0. The van der Waals surface area contributed by atoms with Gasteiger partial charge in [-0.05, 0) is 35.4 Å². The first-order valence-electron chi connectivity index (χ1n) is 8.60. The minimum Gasteiger partial charge on any atom is -0.256 e. The van der Waals surface area contributed by atoms with Crippen LogP contribution in [0.15, 0.2) is 108 Å². The molecule has 0 amide bonds. The Kier molecular flexibility index (Phi) is 4.66. The van der Waals surface area contributed by atoms with E-state index in [1.807, 2.05) is 73.1 Å². The van der Waals surface area contributed by atoms with Gasteiger partial charge in [0, 0.05) is 23.5 Å². The lowest BCUT2D eigenvalue weighted by Gasteiger charge is -2.06. The summed E-state index contributed by atoms with van der Waals surface area (Å²) < 4.78 is 0. The van der Waals surface area contributed by atoms with E-state index < -0.39 is 0 Å². The van der Waals surface area contributed by atoms with E-state index in [1.165, 1.54) is 5.56 Å². The van der Waals surface area contributed by atoms with Gasteiger partial charge in [-0.1, -0.05) is 72.8 Å². The molecule has 0 radical (unpaired) electrons. The van der Waals surface area contributed by atoms with Crippen molar-refractivity contribution >= 4 is 11.9 Å². The maximum absolute atomic E-state index is 4.74. The fraction of sp³-hybridized carbons (Fsp3) is 0. The van der Waals surface area contributed by atoms with E-state index in [1.54, 1.807) is 0 Å². The van der Waals surface area contributed by atoms with Crippen LogP contribution in [-0.2, 0) is 0 Å².